The van der Waals surface area contributed by atoms with E-state index in [2.05, 4.69) is 0 Å². The minimum absolute atomic E-state index is 0.118. The molecule has 0 aliphatic heterocycles. The van der Waals surface area contributed by atoms with Gasteiger partial charge in [0.25, 0.3) is 0 Å². The summed E-state index contributed by atoms with van der Waals surface area (Å²) in [6.07, 6.45) is -0.118. The van der Waals surface area contributed by atoms with Crippen LogP contribution in [0.5, 0.6) is 0 Å². The minimum atomic E-state index is -1.26. The zero-order valence-electron chi connectivity index (χ0n) is 9.77. The van der Waals surface area contributed by atoms with E-state index < -0.39 is 22.0 Å². The summed E-state index contributed by atoms with van der Waals surface area (Å²) in [5.74, 6) is -1.02. The molecule has 3 nitrogen and oxygen atoms in total. The van der Waals surface area contributed by atoms with Crippen molar-refractivity contribution >= 4 is 16.8 Å². The molecular weight excluding hydrogens is 243 g/mol. The third kappa shape index (κ3) is 4.26. The Morgan fingerprint density at radius 2 is 2.18 bits per heavy atom. The van der Waals surface area contributed by atoms with Gasteiger partial charge in [-0.3, -0.25) is 9.00 Å². The normalized spacial score (nSPS) is 14.3. The molecule has 0 aliphatic rings. The highest BCUT2D eigenvalue weighted by atomic mass is 32.2. The molecule has 0 amide bonds. The van der Waals surface area contributed by atoms with Crippen LogP contribution in [0.2, 0.25) is 0 Å². The van der Waals surface area contributed by atoms with Crippen molar-refractivity contribution in [2.24, 2.45) is 0 Å². The molecule has 0 aromatic heterocycles. The fourth-order valence-electron chi connectivity index (χ4n) is 1.46. The number of halogens is 1. The lowest BCUT2D eigenvalue weighted by atomic mass is 10.1. The van der Waals surface area contributed by atoms with Gasteiger partial charge >= 0.3 is 5.97 Å². The van der Waals surface area contributed by atoms with Gasteiger partial charge in [0, 0.05) is 21.8 Å². The molecule has 1 aromatic rings. The van der Waals surface area contributed by atoms with E-state index in [9.17, 15) is 13.4 Å². The van der Waals surface area contributed by atoms with Crippen molar-refractivity contribution in [2.45, 2.75) is 31.3 Å². The molecule has 0 spiro atoms. The molecular formula is C12H15FO3S. The van der Waals surface area contributed by atoms with Crippen LogP contribution in [0.15, 0.2) is 18.2 Å². The Morgan fingerprint density at radius 3 is 2.71 bits per heavy atom. The first kappa shape index (κ1) is 13.8. The highest BCUT2D eigenvalue weighted by molar-refractivity contribution is 7.84. The summed E-state index contributed by atoms with van der Waals surface area (Å²) in [6.45, 7) is 3.39. The number of hydrogen-bond donors (Lipinski definition) is 1. The number of hydrogen-bond acceptors (Lipinski definition) is 2. The second-order valence-electron chi connectivity index (χ2n) is 4.00. The fourth-order valence-corrected chi connectivity index (χ4v) is 2.70. The van der Waals surface area contributed by atoms with Crippen LogP contribution in [0.1, 0.15) is 24.5 Å². The van der Waals surface area contributed by atoms with Crippen LogP contribution in [0.25, 0.3) is 0 Å². The minimum Gasteiger partial charge on any atom is -0.481 e. The van der Waals surface area contributed by atoms with Gasteiger partial charge in [0.15, 0.2) is 0 Å². The molecule has 0 saturated heterocycles. The van der Waals surface area contributed by atoms with Gasteiger partial charge in [0.05, 0.1) is 6.42 Å². The summed E-state index contributed by atoms with van der Waals surface area (Å²) in [7, 11) is -1.26. The van der Waals surface area contributed by atoms with Crippen LogP contribution < -0.4 is 0 Å². The van der Waals surface area contributed by atoms with Crippen LogP contribution in [-0.4, -0.2) is 20.5 Å². The Hall–Kier alpha value is -1.23. The first-order valence-electron chi connectivity index (χ1n) is 5.24. The van der Waals surface area contributed by atoms with Crippen LogP contribution >= 0.6 is 0 Å². The maximum atomic E-state index is 12.9. The smallest absolute Gasteiger partial charge is 0.304 e. The Labute approximate surface area is 102 Å². The lowest BCUT2D eigenvalue weighted by molar-refractivity contribution is -0.136. The third-order valence-electron chi connectivity index (χ3n) is 2.51. The third-order valence-corrected chi connectivity index (χ3v) is 4.17. The molecule has 1 aromatic carbocycles. The molecule has 94 valence electrons. The van der Waals surface area contributed by atoms with Crippen LogP contribution in [0, 0.1) is 12.7 Å². The van der Waals surface area contributed by atoms with Crippen LogP contribution in [0.4, 0.5) is 4.39 Å². The molecule has 17 heavy (non-hydrogen) atoms. The van der Waals surface area contributed by atoms with Crippen molar-refractivity contribution in [3.8, 4) is 0 Å². The summed E-state index contributed by atoms with van der Waals surface area (Å²) in [4.78, 5) is 10.5. The standard InChI is InChI=1S/C12H15FO3S/c1-8-5-11(13)4-3-10(8)7-17(16)9(2)6-12(14)15/h3-5,9H,6-7H2,1-2H3,(H,14,15). The summed E-state index contributed by atoms with van der Waals surface area (Å²) >= 11 is 0. The second kappa shape index (κ2) is 5.91. The van der Waals surface area contributed by atoms with Crippen molar-refractivity contribution in [3.63, 3.8) is 0 Å². The monoisotopic (exact) mass is 258 g/mol. The number of carboxylic acid groups (broad SMARTS) is 1. The maximum absolute atomic E-state index is 12.9. The molecule has 0 bridgehead atoms. The zero-order valence-corrected chi connectivity index (χ0v) is 10.6. The molecule has 0 fully saturated rings. The molecule has 0 radical (unpaired) electrons. The van der Waals surface area contributed by atoms with Gasteiger partial charge < -0.3 is 5.11 Å². The Balaban J connectivity index is 2.71. The average Bonchev–Trinajstić information content (AvgIpc) is 2.21. The Bertz CT molecular complexity index is 445. The molecule has 1 rings (SSSR count). The molecule has 5 heteroatoms. The molecule has 0 aliphatic carbocycles. The Morgan fingerprint density at radius 1 is 1.53 bits per heavy atom. The van der Waals surface area contributed by atoms with E-state index in [-0.39, 0.29) is 18.0 Å². The van der Waals surface area contributed by atoms with E-state index in [1.165, 1.54) is 12.1 Å². The van der Waals surface area contributed by atoms with Crippen LogP contribution in [-0.2, 0) is 21.3 Å². The summed E-state index contributed by atoms with van der Waals surface area (Å²) < 4.78 is 24.7. The van der Waals surface area contributed by atoms with Crippen molar-refractivity contribution in [3.05, 3.63) is 35.1 Å². The number of aryl methyl sites for hydroxylation is 1. The van der Waals surface area contributed by atoms with Gasteiger partial charge in [-0.25, -0.2) is 4.39 Å². The fraction of sp³-hybridized carbons (Fsp3) is 0.417. The molecule has 1 N–H and O–H groups in total. The van der Waals surface area contributed by atoms with E-state index >= 15 is 0 Å². The largest absolute Gasteiger partial charge is 0.481 e. The molecule has 0 saturated carbocycles. The number of carboxylic acids is 1. The number of aliphatic carboxylic acids is 1. The van der Waals surface area contributed by atoms with Crippen LogP contribution in [0.3, 0.4) is 0 Å². The van der Waals surface area contributed by atoms with Crippen molar-refractivity contribution < 1.29 is 18.5 Å². The molecule has 0 heterocycles. The number of rotatable bonds is 5. The molecule has 2 atom stereocenters. The highest BCUT2D eigenvalue weighted by Gasteiger charge is 2.16. The SMILES string of the molecule is Cc1cc(F)ccc1CS(=O)C(C)CC(=O)O. The van der Waals surface area contributed by atoms with E-state index in [4.69, 9.17) is 5.11 Å². The predicted octanol–water partition coefficient (Wildman–Crippen LogP) is 2.25. The van der Waals surface area contributed by atoms with E-state index in [1.807, 2.05) is 0 Å². The predicted molar refractivity (Wildman–Crippen MR) is 64.7 cm³/mol. The average molecular weight is 258 g/mol. The number of carbonyl (C=O) groups is 1. The van der Waals surface area contributed by atoms with Crippen molar-refractivity contribution in [1.29, 1.82) is 0 Å². The molecule has 2 unspecified atom stereocenters. The van der Waals surface area contributed by atoms with Gasteiger partial charge in [0.2, 0.25) is 0 Å². The summed E-state index contributed by atoms with van der Waals surface area (Å²) in [6, 6.07) is 4.30. The van der Waals surface area contributed by atoms with Crippen molar-refractivity contribution in [1.82, 2.24) is 0 Å². The van der Waals surface area contributed by atoms with Gasteiger partial charge in [-0.05, 0) is 30.2 Å². The first-order chi connectivity index (χ1) is 7.90. The van der Waals surface area contributed by atoms with E-state index in [0.29, 0.717) is 0 Å². The van der Waals surface area contributed by atoms with Gasteiger partial charge in [-0.1, -0.05) is 13.0 Å². The lowest BCUT2D eigenvalue weighted by Gasteiger charge is -2.10. The topological polar surface area (TPSA) is 54.4 Å². The zero-order chi connectivity index (χ0) is 13.0. The quantitative estimate of drug-likeness (QED) is 0.881. The van der Waals surface area contributed by atoms with Gasteiger partial charge in [-0.15, -0.1) is 0 Å². The van der Waals surface area contributed by atoms with Gasteiger partial charge in [-0.2, -0.15) is 0 Å². The van der Waals surface area contributed by atoms with Crippen molar-refractivity contribution in [2.75, 3.05) is 0 Å². The number of benzene rings is 1. The highest BCUT2D eigenvalue weighted by Crippen LogP contribution is 2.15. The maximum Gasteiger partial charge on any atom is 0.304 e. The van der Waals surface area contributed by atoms with Gasteiger partial charge in [0.1, 0.15) is 5.82 Å². The van der Waals surface area contributed by atoms with E-state index in [0.717, 1.165) is 11.1 Å². The first-order valence-corrected chi connectivity index (χ1v) is 6.62. The summed E-state index contributed by atoms with van der Waals surface area (Å²) in [5.41, 5.74) is 1.53. The Kier molecular flexibility index (Phi) is 4.81. The summed E-state index contributed by atoms with van der Waals surface area (Å²) in [5, 5.41) is 8.20. The second-order valence-corrected chi connectivity index (χ2v) is 5.86. The van der Waals surface area contributed by atoms with E-state index in [1.54, 1.807) is 19.9 Å². The lowest BCUT2D eigenvalue weighted by Crippen LogP contribution is -2.17.